The Morgan fingerprint density at radius 2 is 2.33 bits per heavy atom. The second-order valence-corrected chi connectivity index (χ2v) is 3.74. The van der Waals surface area contributed by atoms with Crippen LogP contribution in [0.3, 0.4) is 0 Å². The van der Waals surface area contributed by atoms with E-state index in [-0.39, 0.29) is 6.04 Å². The van der Waals surface area contributed by atoms with Crippen LogP contribution in [0.1, 0.15) is 18.5 Å². The van der Waals surface area contributed by atoms with E-state index in [1.165, 1.54) is 0 Å². The molecule has 0 radical (unpaired) electrons. The van der Waals surface area contributed by atoms with Gasteiger partial charge < -0.3 is 5.73 Å². The lowest BCUT2D eigenvalue weighted by atomic mass is 10.1. The summed E-state index contributed by atoms with van der Waals surface area (Å²) in [5.41, 5.74) is 6.79. The highest BCUT2D eigenvalue weighted by Crippen LogP contribution is 2.18. The van der Waals surface area contributed by atoms with Gasteiger partial charge in [-0.1, -0.05) is 17.7 Å². The molecule has 0 fully saturated rings. The lowest BCUT2D eigenvalue weighted by molar-refractivity contribution is 0.761. The van der Waals surface area contributed by atoms with Gasteiger partial charge in [0.05, 0.1) is 17.4 Å². The summed E-state index contributed by atoms with van der Waals surface area (Å²) in [5, 5.41) is 4.68. The van der Waals surface area contributed by atoms with Crippen LogP contribution in [0.5, 0.6) is 0 Å². The lowest BCUT2D eigenvalue weighted by Crippen LogP contribution is -2.11. The summed E-state index contributed by atoms with van der Waals surface area (Å²) in [6, 6.07) is 3.70. The smallest absolute Gasteiger partial charge is 0.158 e. The molecule has 2 heterocycles. The van der Waals surface area contributed by atoms with Crippen molar-refractivity contribution in [3.63, 3.8) is 0 Å². The highest BCUT2D eigenvalue weighted by molar-refractivity contribution is 6.30. The highest BCUT2D eigenvalue weighted by atomic mass is 35.5. The van der Waals surface area contributed by atoms with Crippen molar-refractivity contribution >= 4 is 11.6 Å². The summed E-state index contributed by atoms with van der Waals surface area (Å²) in [5.74, 6) is 0.722. The minimum Gasteiger partial charge on any atom is -0.324 e. The number of pyridine rings is 1. The zero-order valence-electron chi connectivity index (χ0n) is 8.26. The van der Waals surface area contributed by atoms with Gasteiger partial charge in [0.1, 0.15) is 0 Å². The first-order valence-electron chi connectivity index (χ1n) is 4.59. The molecule has 15 heavy (non-hydrogen) atoms. The zero-order valence-corrected chi connectivity index (χ0v) is 9.02. The Labute approximate surface area is 92.7 Å². The number of rotatable bonds is 2. The van der Waals surface area contributed by atoms with Crippen LogP contribution < -0.4 is 5.73 Å². The predicted molar refractivity (Wildman–Crippen MR) is 59.0 cm³/mol. The van der Waals surface area contributed by atoms with Gasteiger partial charge in [-0.2, -0.15) is 5.10 Å². The first kappa shape index (κ1) is 10.1. The Morgan fingerprint density at radius 3 is 2.93 bits per heavy atom. The standard InChI is InChI=1S/C10H11ClN4/c1-7(12)9-3-2-4-13-10(9)15-6-8(11)5-14-15/h2-7H,12H2,1H3. The number of hydrogen-bond donors (Lipinski definition) is 1. The van der Waals surface area contributed by atoms with E-state index in [1.807, 2.05) is 19.1 Å². The first-order valence-corrected chi connectivity index (χ1v) is 4.97. The van der Waals surface area contributed by atoms with Crippen molar-refractivity contribution in [1.29, 1.82) is 0 Å². The molecule has 78 valence electrons. The molecular formula is C10H11ClN4. The molecule has 0 amide bonds. The third-order valence-corrected chi connectivity index (χ3v) is 2.27. The summed E-state index contributed by atoms with van der Waals surface area (Å²) in [6.07, 6.45) is 4.98. The molecule has 0 saturated carbocycles. The highest BCUT2D eigenvalue weighted by Gasteiger charge is 2.09. The minimum atomic E-state index is -0.0864. The van der Waals surface area contributed by atoms with Gasteiger partial charge in [-0.25, -0.2) is 9.67 Å². The molecule has 1 atom stereocenters. The normalized spacial score (nSPS) is 12.7. The van der Waals surface area contributed by atoms with Gasteiger partial charge in [-0.05, 0) is 13.0 Å². The monoisotopic (exact) mass is 222 g/mol. The van der Waals surface area contributed by atoms with Gasteiger partial charge in [-0.3, -0.25) is 0 Å². The molecule has 4 nitrogen and oxygen atoms in total. The molecule has 2 rings (SSSR count). The van der Waals surface area contributed by atoms with Crippen LogP contribution in [0.2, 0.25) is 5.02 Å². The average Bonchev–Trinajstić information content (AvgIpc) is 2.65. The molecule has 0 aliphatic heterocycles. The Balaban J connectivity index is 2.52. The van der Waals surface area contributed by atoms with E-state index in [9.17, 15) is 0 Å². The van der Waals surface area contributed by atoms with Gasteiger partial charge in [0, 0.05) is 17.8 Å². The van der Waals surface area contributed by atoms with Crippen molar-refractivity contribution in [2.24, 2.45) is 5.73 Å². The third-order valence-electron chi connectivity index (χ3n) is 2.08. The van der Waals surface area contributed by atoms with Crippen LogP contribution >= 0.6 is 11.6 Å². The van der Waals surface area contributed by atoms with Crippen molar-refractivity contribution < 1.29 is 0 Å². The maximum atomic E-state index is 5.84. The van der Waals surface area contributed by atoms with Crippen molar-refractivity contribution in [1.82, 2.24) is 14.8 Å². The van der Waals surface area contributed by atoms with Crippen LogP contribution in [-0.2, 0) is 0 Å². The molecule has 0 spiro atoms. The van der Waals surface area contributed by atoms with Crippen LogP contribution in [0.25, 0.3) is 5.82 Å². The number of halogens is 1. The van der Waals surface area contributed by atoms with Crippen molar-refractivity contribution in [3.05, 3.63) is 41.3 Å². The molecular weight excluding hydrogens is 212 g/mol. The Kier molecular flexibility index (Phi) is 2.70. The maximum Gasteiger partial charge on any atom is 0.158 e. The summed E-state index contributed by atoms with van der Waals surface area (Å²) in [4.78, 5) is 4.25. The largest absolute Gasteiger partial charge is 0.324 e. The third kappa shape index (κ3) is 2.00. The molecule has 2 aromatic heterocycles. The second kappa shape index (κ2) is 4.00. The lowest BCUT2D eigenvalue weighted by Gasteiger charge is -2.10. The fourth-order valence-corrected chi connectivity index (χ4v) is 1.51. The van der Waals surface area contributed by atoms with Crippen molar-refractivity contribution in [2.75, 3.05) is 0 Å². The number of nitrogens with zero attached hydrogens (tertiary/aromatic N) is 3. The molecule has 2 N–H and O–H groups in total. The summed E-state index contributed by atoms with van der Waals surface area (Å²) in [7, 11) is 0. The Bertz CT molecular complexity index is 464. The molecule has 2 aromatic rings. The Hall–Kier alpha value is -1.39. The number of nitrogens with two attached hydrogens (primary N) is 1. The van der Waals surface area contributed by atoms with E-state index >= 15 is 0 Å². The topological polar surface area (TPSA) is 56.7 Å². The van der Waals surface area contributed by atoms with Crippen molar-refractivity contribution in [2.45, 2.75) is 13.0 Å². The van der Waals surface area contributed by atoms with Crippen LogP contribution in [0.15, 0.2) is 30.7 Å². The number of hydrogen-bond acceptors (Lipinski definition) is 3. The van der Waals surface area contributed by atoms with E-state index in [2.05, 4.69) is 10.1 Å². The SMILES string of the molecule is CC(N)c1cccnc1-n1cc(Cl)cn1. The van der Waals surface area contributed by atoms with E-state index in [0.29, 0.717) is 5.02 Å². The molecule has 0 aliphatic rings. The molecule has 1 unspecified atom stereocenters. The molecule has 0 aromatic carbocycles. The van der Waals surface area contributed by atoms with E-state index < -0.39 is 0 Å². The van der Waals surface area contributed by atoms with Crippen LogP contribution in [-0.4, -0.2) is 14.8 Å². The predicted octanol–water partition coefficient (Wildman–Crippen LogP) is 1.94. The van der Waals surface area contributed by atoms with E-state index in [1.54, 1.807) is 23.3 Å². The molecule has 0 aliphatic carbocycles. The van der Waals surface area contributed by atoms with Gasteiger partial charge in [0.2, 0.25) is 0 Å². The molecule has 0 bridgehead atoms. The van der Waals surface area contributed by atoms with Crippen LogP contribution in [0.4, 0.5) is 0 Å². The fraction of sp³-hybridized carbons (Fsp3) is 0.200. The average molecular weight is 223 g/mol. The molecule has 0 saturated heterocycles. The first-order chi connectivity index (χ1) is 7.18. The fourth-order valence-electron chi connectivity index (χ4n) is 1.37. The van der Waals surface area contributed by atoms with Gasteiger partial charge >= 0.3 is 0 Å². The Morgan fingerprint density at radius 1 is 1.53 bits per heavy atom. The van der Waals surface area contributed by atoms with Gasteiger partial charge in [0.25, 0.3) is 0 Å². The van der Waals surface area contributed by atoms with Gasteiger partial charge in [0.15, 0.2) is 5.82 Å². The summed E-state index contributed by atoms with van der Waals surface area (Å²) < 4.78 is 1.63. The zero-order chi connectivity index (χ0) is 10.8. The summed E-state index contributed by atoms with van der Waals surface area (Å²) in [6.45, 7) is 1.91. The van der Waals surface area contributed by atoms with Crippen LogP contribution in [0, 0.1) is 0 Å². The quantitative estimate of drug-likeness (QED) is 0.845. The molecule has 5 heteroatoms. The van der Waals surface area contributed by atoms with E-state index in [0.717, 1.165) is 11.4 Å². The number of aromatic nitrogens is 3. The minimum absolute atomic E-state index is 0.0864. The van der Waals surface area contributed by atoms with Gasteiger partial charge in [-0.15, -0.1) is 0 Å². The maximum absolute atomic E-state index is 5.84. The van der Waals surface area contributed by atoms with Crippen molar-refractivity contribution in [3.8, 4) is 5.82 Å². The second-order valence-electron chi connectivity index (χ2n) is 3.31. The summed E-state index contributed by atoms with van der Waals surface area (Å²) >= 11 is 5.80. The van der Waals surface area contributed by atoms with E-state index in [4.69, 9.17) is 17.3 Å².